The van der Waals surface area contributed by atoms with Gasteiger partial charge in [0.05, 0.1) is 6.54 Å². The Labute approximate surface area is 186 Å². The fraction of sp³-hybridized carbons (Fsp3) is 0.524. The lowest BCUT2D eigenvalue weighted by Crippen LogP contribution is -2.43. The fourth-order valence-corrected chi connectivity index (χ4v) is 3.26. The Balaban J connectivity index is 0.00000392. The summed E-state index contributed by atoms with van der Waals surface area (Å²) in [6.45, 7) is 5.58. The molecule has 7 heteroatoms. The van der Waals surface area contributed by atoms with E-state index in [-0.39, 0.29) is 36.4 Å². The van der Waals surface area contributed by atoms with Crippen LogP contribution in [0.5, 0.6) is 0 Å². The van der Waals surface area contributed by atoms with Crippen molar-refractivity contribution in [1.82, 2.24) is 15.5 Å². The minimum Gasteiger partial charge on any atom is -0.356 e. The summed E-state index contributed by atoms with van der Waals surface area (Å²) in [6.07, 6.45) is 10.4. The van der Waals surface area contributed by atoms with Gasteiger partial charge in [0.25, 0.3) is 0 Å². The molecule has 0 radical (unpaired) electrons. The molecular formula is C21H32IN5O. The van der Waals surface area contributed by atoms with Gasteiger partial charge in [-0.2, -0.15) is 0 Å². The molecule has 2 rings (SSSR count). The summed E-state index contributed by atoms with van der Waals surface area (Å²) in [7, 11) is 1.70. The van der Waals surface area contributed by atoms with E-state index >= 15 is 0 Å². The van der Waals surface area contributed by atoms with Gasteiger partial charge in [-0.05, 0) is 50.9 Å². The van der Waals surface area contributed by atoms with Gasteiger partial charge in [-0.1, -0.05) is 18.4 Å². The number of likely N-dealkylation sites (tertiary alicyclic amines) is 1. The second kappa shape index (κ2) is 13.4. The van der Waals surface area contributed by atoms with E-state index in [1.165, 1.54) is 25.8 Å². The first-order valence-electron chi connectivity index (χ1n) is 9.67. The molecule has 0 aliphatic carbocycles. The van der Waals surface area contributed by atoms with Crippen LogP contribution in [0.1, 0.15) is 38.2 Å². The minimum absolute atomic E-state index is 0. The molecule has 1 aromatic rings. The molecule has 1 atom stereocenters. The van der Waals surface area contributed by atoms with E-state index in [2.05, 4.69) is 38.7 Å². The standard InChI is InChI=1S/C21H31N5O.HI/c1-4-18-10-7-11-19(15-18)25-20(27)16-24-21(22-3)23-12-8-14-26-13-6-5-9-17(26)2;/h1,7,10-11,15,17H,5-6,8-9,12-14,16H2,2-3H3,(H,25,27)(H2,22,23,24);1H. The van der Waals surface area contributed by atoms with Gasteiger partial charge in [0.15, 0.2) is 5.96 Å². The van der Waals surface area contributed by atoms with E-state index in [0.29, 0.717) is 17.7 Å². The van der Waals surface area contributed by atoms with Crippen LogP contribution in [0.15, 0.2) is 29.3 Å². The summed E-state index contributed by atoms with van der Waals surface area (Å²) in [5, 5.41) is 9.13. The molecule has 3 N–H and O–H groups in total. The van der Waals surface area contributed by atoms with E-state index in [9.17, 15) is 4.79 Å². The van der Waals surface area contributed by atoms with Crippen molar-refractivity contribution in [3.05, 3.63) is 29.8 Å². The van der Waals surface area contributed by atoms with Crippen LogP contribution in [0.25, 0.3) is 0 Å². The van der Waals surface area contributed by atoms with Gasteiger partial charge in [0, 0.05) is 37.4 Å². The van der Waals surface area contributed by atoms with Crippen molar-refractivity contribution in [1.29, 1.82) is 0 Å². The number of terminal acetylenes is 1. The number of piperidine rings is 1. The molecule has 1 fully saturated rings. The number of carbonyl (C=O) groups is 1. The normalized spacial score (nSPS) is 17.2. The third-order valence-electron chi connectivity index (χ3n) is 4.81. The highest BCUT2D eigenvalue weighted by Crippen LogP contribution is 2.16. The smallest absolute Gasteiger partial charge is 0.243 e. The molecule has 1 aliphatic rings. The number of aliphatic imine (C=N–C) groups is 1. The number of nitrogens with zero attached hydrogens (tertiary/aromatic N) is 2. The Morgan fingerprint density at radius 1 is 1.36 bits per heavy atom. The first-order chi connectivity index (χ1) is 13.1. The van der Waals surface area contributed by atoms with Crippen LogP contribution in [0.4, 0.5) is 5.69 Å². The third-order valence-corrected chi connectivity index (χ3v) is 4.81. The highest BCUT2D eigenvalue weighted by Gasteiger charge is 2.17. The summed E-state index contributed by atoms with van der Waals surface area (Å²) in [6, 6.07) is 7.92. The maximum atomic E-state index is 12.1. The van der Waals surface area contributed by atoms with Crippen LogP contribution in [-0.2, 0) is 4.79 Å². The molecular weight excluding hydrogens is 465 g/mol. The lowest BCUT2D eigenvalue weighted by Gasteiger charge is -2.33. The predicted octanol–water partition coefficient (Wildman–Crippen LogP) is 2.65. The van der Waals surface area contributed by atoms with Crippen LogP contribution in [0.3, 0.4) is 0 Å². The summed E-state index contributed by atoms with van der Waals surface area (Å²) in [5.41, 5.74) is 1.43. The molecule has 0 spiro atoms. The van der Waals surface area contributed by atoms with Crippen LogP contribution in [0.2, 0.25) is 0 Å². The second-order valence-corrected chi connectivity index (χ2v) is 6.86. The first-order valence-corrected chi connectivity index (χ1v) is 9.67. The van der Waals surface area contributed by atoms with Crippen LogP contribution in [0, 0.1) is 12.3 Å². The Hall–Kier alpha value is -1.79. The summed E-state index contributed by atoms with van der Waals surface area (Å²) in [5.74, 6) is 3.04. The number of carbonyl (C=O) groups excluding carboxylic acids is 1. The summed E-state index contributed by atoms with van der Waals surface area (Å²) >= 11 is 0. The predicted molar refractivity (Wildman–Crippen MR) is 127 cm³/mol. The number of nitrogens with one attached hydrogen (secondary N) is 3. The monoisotopic (exact) mass is 497 g/mol. The first kappa shape index (κ1) is 24.2. The van der Waals surface area contributed by atoms with Crippen molar-refractivity contribution in [3.63, 3.8) is 0 Å². The van der Waals surface area contributed by atoms with Gasteiger partial charge >= 0.3 is 0 Å². The van der Waals surface area contributed by atoms with Crippen molar-refractivity contribution < 1.29 is 4.79 Å². The topological polar surface area (TPSA) is 68.8 Å². The summed E-state index contributed by atoms with van der Waals surface area (Å²) < 4.78 is 0. The highest BCUT2D eigenvalue weighted by molar-refractivity contribution is 14.0. The molecule has 6 nitrogen and oxygen atoms in total. The number of halogens is 1. The maximum absolute atomic E-state index is 12.1. The van der Waals surface area contributed by atoms with Gasteiger partial charge in [-0.25, -0.2) is 0 Å². The van der Waals surface area contributed by atoms with E-state index in [1.807, 2.05) is 18.2 Å². The number of guanidine groups is 1. The Kier molecular flexibility index (Phi) is 11.6. The average Bonchev–Trinajstić information content (AvgIpc) is 2.68. The molecule has 28 heavy (non-hydrogen) atoms. The number of amides is 1. The van der Waals surface area contributed by atoms with E-state index in [4.69, 9.17) is 6.42 Å². The number of hydrogen-bond acceptors (Lipinski definition) is 3. The lowest BCUT2D eigenvalue weighted by molar-refractivity contribution is -0.115. The van der Waals surface area contributed by atoms with E-state index in [0.717, 1.165) is 25.1 Å². The zero-order valence-corrected chi connectivity index (χ0v) is 19.2. The van der Waals surface area contributed by atoms with E-state index < -0.39 is 0 Å². The van der Waals surface area contributed by atoms with Crippen molar-refractivity contribution in [2.45, 2.75) is 38.6 Å². The number of anilines is 1. The minimum atomic E-state index is -0.144. The van der Waals surface area contributed by atoms with Crippen LogP contribution in [-0.4, -0.2) is 56.0 Å². The molecule has 1 saturated heterocycles. The van der Waals surface area contributed by atoms with Crippen molar-refractivity contribution in [3.8, 4) is 12.3 Å². The largest absolute Gasteiger partial charge is 0.356 e. The van der Waals surface area contributed by atoms with Crippen molar-refractivity contribution in [2.75, 3.05) is 38.5 Å². The molecule has 0 bridgehead atoms. The van der Waals surface area contributed by atoms with Crippen molar-refractivity contribution in [2.24, 2.45) is 4.99 Å². The molecule has 0 aromatic heterocycles. The molecule has 1 aromatic carbocycles. The zero-order valence-electron chi connectivity index (χ0n) is 16.8. The summed E-state index contributed by atoms with van der Waals surface area (Å²) in [4.78, 5) is 18.8. The zero-order chi connectivity index (χ0) is 19.5. The lowest BCUT2D eigenvalue weighted by atomic mass is 10.0. The molecule has 1 aliphatic heterocycles. The van der Waals surface area contributed by atoms with Gasteiger partial charge in [0.1, 0.15) is 0 Å². The fourth-order valence-electron chi connectivity index (χ4n) is 3.26. The highest BCUT2D eigenvalue weighted by atomic mass is 127. The maximum Gasteiger partial charge on any atom is 0.243 e. The Bertz CT molecular complexity index is 686. The molecule has 1 unspecified atom stereocenters. The van der Waals surface area contributed by atoms with Crippen molar-refractivity contribution >= 4 is 41.5 Å². The molecule has 0 saturated carbocycles. The Morgan fingerprint density at radius 2 is 2.18 bits per heavy atom. The van der Waals surface area contributed by atoms with Gasteiger partial charge in [0.2, 0.25) is 5.91 Å². The molecule has 154 valence electrons. The quantitative estimate of drug-likeness (QED) is 0.178. The van der Waals surface area contributed by atoms with Crippen LogP contribution >= 0.6 is 24.0 Å². The molecule has 1 amide bonds. The number of rotatable bonds is 7. The Morgan fingerprint density at radius 3 is 2.89 bits per heavy atom. The third kappa shape index (κ3) is 8.48. The molecule has 1 heterocycles. The number of benzene rings is 1. The van der Waals surface area contributed by atoms with Gasteiger partial charge < -0.3 is 20.9 Å². The number of hydrogen-bond donors (Lipinski definition) is 3. The van der Waals surface area contributed by atoms with Gasteiger partial charge in [-0.3, -0.25) is 9.79 Å². The van der Waals surface area contributed by atoms with Crippen LogP contribution < -0.4 is 16.0 Å². The average molecular weight is 497 g/mol. The van der Waals surface area contributed by atoms with Gasteiger partial charge in [-0.15, -0.1) is 30.4 Å². The second-order valence-electron chi connectivity index (χ2n) is 6.86. The SMILES string of the molecule is C#Cc1cccc(NC(=O)CNC(=NC)NCCCN2CCCCC2C)c1.I. The van der Waals surface area contributed by atoms with E-state index in [1.54, 1.807) is 13.1 Å².